The van der Waals surface area contributed by atoms with E-state index in [1.54, 1.807) is 12.1 Å². The molecule has 0 aromatic heterocycles. The van der Waals surface area contributed by atoms with Crippen molar-refractivity contribution in [2.75, 3.05) is 10.6 Å². The van der Waals surface area contributed by atoms with Crippen molar-refractivity contribution in [3.63, 3.8) is 0 Å². The molecule has 1 atom stereocenters. The van der Waals surface area contributed by atoms with Gasteiger partial charge in [-0.05, 0) is 24.3 Å². The van der Waals surface area contributed by atoms with E-state index in [4.69, 9.17) is 0 Å². The largest absolute Gasteiger partial charge is 0.326 e. The number of halogens is 1. The molecule has 2 N–H and O–H groups in total. The van der Waals surface area contributed by atoms with Gasteiger partial charge in [-0.2, -0.15) is 0 Å². The highest BCUT2D eigenvalue weighted by atomic mass is 79.9. The van der Waals surface area contributed by atoms with Crippen LogP contribution in [-0.4, -0.2) is 22.0 Å². The fourth-order valence-corrected chi connectivity index (χ4v) is 3.79. The third kappa shape index (κ3) is 4.18. The highest BCUT2D eigenvalue weighted by Crippen LogP contribution is 2.38. The molecule has 9 heteroatoms. The number of nitrogens with zero attached hydrogens (tertiary/aromatic N) is 1. The van der Waals surface area contributed by atoms with Gasteiger partial charge in [-0.3, -0.25) is 19.7 Å². The van der Waals surface area contributed by atoms with E-state index in [2.05, 4.69) is 26.6 Å². The van der Waals surface area contributed by atoms with E-state index >= 15 is 0 Å². The second kappa shape index (κ2) is 7.24. The van der Waals surface area contributed by atoms with Crippen LogP contribution in [0.3, 0.4) is 0 Å². The molecule has 2 aromatic carbocycles. The lowest BCUT2D eigenvalue weighted by molar-refractivity contribution is -0.384. The van der Waals surface area contributed by atoms with Gasteiger partial charge < -0.3 is 10.6 Å². The Bertz CT molecular complexity index is 874. The monoisotopic (exact) mass is 421 g/mol. The van der Waals surface area contributed by atoms with Gasteiger partial charge in [0, 0.05) is 33.6 Å². The number of nitrogens with one attached hydrogen (secondary N) is 2. The molecule has 0 bridgehead atoms. The number of non-ortho nitro benzene ring substituents is 1. The maximum Gasteiger partial charge on any atom is 0.271 e. The molecule has 2 amide bonds. The van der Waals surface area contributed by atoms with Gasteiger partial charge in [-0.1, -0.05) is 22.0 Å². The average molecular weight is 422 g/mol. The Morgan fingerprint density at radius 2 is 2.12 bits per heavy atom. The summed E-state index contributed by atoms with van der Waals surface area (Å²) in [5.74, 6) is -0.626. The standard InChI is InChI=1S/C16H12BrN3O4S/c17-9-4-5-13-12(6-9)19-16(22)14(25-13)8-15(21)18-10-2-1-3-11(7-10)20(23)24/h1-7,14H,8H2,(H,18,21)(H,19,22). The SMILES string of the molecule is O=C(CC1Sc2ccc(Br)cc2NC1=O)Nc1cccc([N+](=O)[O-])c1. The Hall–Kier alpha value is -2.39. The third-order valence-corrected chi connectivity index (χ3v) is 5.24. The van der Waals surface area contributed by atoms with Crippen molar-refractivity contribution < 1.29 is 14.5 Å². The Balaban J connectivity index is 1.67. The summed E-state index contributed by atoms with van der Waals surface area (Å²) in [5.41, 5.74) is 0.923. The molecule has 3 rings (SSSR count). The molecule has 0 fully saturated rings. The molecule has 25 heavy (non-hydrogen) atoms. The molecule has 1 unspecified atom stereocenters. The van der Waals surface area contributed by atoms with Crippen LogP contribution in [0.25, 0.3) is 0 Å². The zero-order valence-electron chi connectivity index (χ0n) is 12.7. The summed E-state index contributed by atoms with van der Waals surface area (Å²) in [5, 5.41) is 15.6. The molecule has 0 saturated carbocycles. The zero-order chi connectivity index (χ0) is 18.0. The van der Waals surface area contributed by atoms with E-state index < -0.39 is 10.2 Å². The van der Waals surface area contributed by atoms with Crippen molar-refractivity contribution in [2.24, 2.45) is 0 Å². The van der Waals surface area contributed by atoms with Crippen LogP contribution in [0, 0.1) is 10.1 Å². The maximum atomic E-state index is 12.2. The number of nitro benzene ring substituents is 1. The third-order valence-electron chi connectivity index (χ3n) is 3.47. The van der Waals surface area contributed by atoms with Crippen LogP contribution < -0.4 is 10.6 Å². The second-order valence-electron chi connectivity index (χ2n) is 5.30. The van der Waals surface area contributed by atoms with Crippen LogP contribution in [0.1, 0.15) is 6.42 Å². The van der Waals surface area contributed by atoms with Crippen molar-refractivity contribution >= 4 is 56.6 Å². The lowest BCUT2D eigenvalue weighted by Gasteiger charge is -2.23. The lowest BCUT2D eigenvalue weighted by atomic mass is 10.2. The number of fused-ring (bicyclic) bond motifs is 1. The quantitative estimate of drug-likeness (QED) is 0.577. The van der Waals surface area contributed by atoms with Crippen molar-refractivity contribution in [2.45, 2.75) is 16.6 Å². The molecule has 0 saturated heterocycles. The van der Waals surface area contributed by atoms with Crippen LogP contribution in [0.15, 0.2) is 51.8 Å². The fraction of sp³-hybridized carbons (Fsp3) is 0.125. The number of hydrogen-bond donors (Lipinski definition) is 2. The highest BCUT2D eigenvalue weighted by Gasteiger charge is 2.29. The van der Waals surface area contributed by atoms with Gasteiger partial charge in [0.2, 0.25) is 11.8 Å². The first-order chi connectivity index (χ1) is 11.9. The minimum absolute atomic E-state index is 0.0330. The van der Waals surface area contributed by atoms with Crippen molar-refractivity contribution in [3.05, 3.63) is 57.1 Å². The first-order valence-corrected chi connectivity index (χ1v) is 8.91. The first-order valence-electron chi connectivity index (χ1n) is 7.24. The van der Waals surface area contributed by atoms with Crippen molar-refractivity contribution in [3.8, 4) is 0 Å². The van der Waals surface area contributed by atoms with Crippen LogP contribution in [-0.2, 0) is 9.59 Å². The van der Waals surface area contributed by atoms with Crippen LogP contribution >= 0.6 is 27.7 Å². The van der Waals surface area contributed by atoms with Gasteiger partial charge in [-0.25, -0.2) is 0 Å². The number of thioether (sulfide) groups is 1. The van der Waals surface area contributed by atoms with E-state index in [0.717, 1.165) is 9.37 Å². The van der Waals surface area contributed by atoms with Gasteiger partial charge in [-0.15, -0.1) is 11.8 Å². The summed E-state index contributed by atoms with van der Waals surface area (Å²) in [7, 11) is 0. The number of amides is 2. The summed E-state index contributed by atoms with van der Waals surface area (Å²) < 4.78 is 0.856. The minimum Gasteiger partial charge on any atom is -0.326 e. The number of carbonyl (C=O) groups is 2. The van der Waals surface area contributed by atoms with Crippen LogP contribution in [0.5, 0.6) is 0 Å². The Kier molecular flexibility index (Phi) is 5.05. The zero-order valence-corrected chi connectivity index (χ0v) is 15.1. The summed E-state index contributed by atoms with van der Waals surface area (Å²) in [4.78, 5) is 35.5. The molecule has 7 nitrogen and oxygen atoms in total. The second-order valence-corrected chi connectivity index (χ2v) is 7.46. The van der Waals surface area contributed by atoms with E-state index in [1.807, 2.05) is 12.1 Å². The van der Waals surface area contributed by atoms with E-state index in [-0.39, 0.29) is 23.9 Å². The molecule has 2 aromatic rings. The average Bonchev–Trinajstić information content (AvgIpc) is 2.56. The van der Waals surface area contributed by atoms with E-state index in [1.165, 1.54) is 30.0 Å². The number of hydrogen-bond acceptors (Lipinski definition) is 5. The summed E-state index contributed by atoms with van der Waals surface area (Å²) in [6, 6.07) is 11.2. The molecule has 128 valence electrons. The predicted octanol–water partition coefficient (Wildman–Crippen LogP) is 3.80. The summed E-state index contributed by atoms with van der Waals surface area (Å²) >= 11 is 4.66. The summed E-state index contributed by atoms with van der Waals surface area (Å²) in [6.45, 7) is 0. The van der Waals surface area contributed by atoms with Gasteiger partial charge >= 0.3 is 0 Å². The number of benzene rings is 2. The van der Waals surface area contributed by atoms with Gasteiger partial charge in [0.05, 0.1) is 15.9 Å². The van der Waals surface area contributed by atoms with Gasteiger partial charge in [0.1, 0.15) is 0 Å². The normalized spacial score (nSPS) is 15.9. The molecule has 0 radical (unpaired) electrons. The highest BCUT2D eigenvalue weighted by molar-refractivity contribution is 9.10. The molecular formula is C16H12BrN3O4S. The van der Waals surface area contributed by atoms with E-state index in [0.29, 0.717) is 11.4 Å². The molecule has 1 aliphatic heterocycles. The van der Waals surface area contributed by atoms with Crippen LogP contribution in [0.2, 0.25) is 0 Å². The maximum absolute atomic E-state index is 12.2. The summed E-state index contributed by atoms with van der Waals surface area (Å²) in [6.07, 6.45) is -0.0330. The van der Waals surface area contributed by atoms with E-state index in [9.17, 15) is 19.7 Å². The molecule has 1 heterocycles. The number of nitro groups is 1. The molecule has 0 aliphatic carbocycles. The number of carbonyl (C=O) groups excluding carboxylic acids is 2. The number of anilines is 2. The first kappa shape index (κ1) is 17.4. The molecule has 0 spiro atoms. The molecule has 1 aliphatic rings. The Morgan fingerprint density at radius 3 is 2.88 bits per heavy atom. The number of rotatable bonds is 4. The fourth-order valence-electron chi connectivity index (χ4n) is 2.33. The van der Waals surface area contributed by atoms with Crippen molar-refractivity contribution in [1.82, 2.24) is 0 Å². The van der Waals surface area contributed by atoms with Gasteiger partial charge in [0.25, 0.3) is 5.69 Å². The predicted molar refractivity (Wildman–Crippen MR) is 98.8 cm³/mol. The minimum atomic E-state index is -0.563. The van der Waals surface area contributed by atoms with Crippen LogP contribution in [0.4, 0.5) is 17.1 Å². The molecular weight excluding hydrogens is 410 g/mol. The van der Waals surface area contributed by atoms with Crippen molar-refractivity contribution in [1.29, 1.82) is 0 Å². The lowest BCUT2D eigenvalue weighted by Crippen LogP contribution is -2.32. The topological polar surface area (TPSA) is 101 Å². The Morgan fingerprint density at radius 1 is 1.32 bits per heavy atom. The van der Waals surface area contributed by atoms with Gasteiger partial charge in [0.15, 0.2) is 0 Å². The smallest absolute Gasteiger partial charge is 0.271 e. The Labute approximate surface area is 155 Å².